The molecule has 2 aromatic heterocycles. The standard InChI is InChI=1S/C20H19N3O4S2/c1-25-13-8-11(9-14(26-2)18(13)27-3)19(24)23-17-5-4-16(28-17)20-22-12-10-21-7-6-15(12)29-20/h5-10,16H,4H2,1-3H3,(H,23,24). The zero-order valence-corrected chi connectivity index (χ0v) is 17.7. The number of methoxy groups -OCH3 is 3. The van der Waals surface area contributed by atoms with Gasteiger partial charge < -0.3 is 19.5 Å². The molecular formula is C20H19N3O4S2. The fourth-order valence-electron chi connectivity index (χ4n) is 3.03. The van der Waals surface area contributed by atoms with Crippen LogP contribution in [-0.4, -0.2) is 37.2 Å². The Labute approximate surface area is 176 Å². The topological polar surface area (TPSA) is 82.6 Å². The first-order valence-corrected chi connectivity index (χ1v) is 10.5. The molecule has 0 saturated carbocycles. The molecule has 3 heterocycles. The van der Waals surface area contributed by atoms with Crippen LogP contribution in [0.3, 0.4) is 0 Å². The SMILES string of the molecule is COc1cc(C(=O)NC2=CCC(c3nc4cnccc4s3)S2)cc(OC)c1OC. The van der Waals surface area contributed by atoms with Crippen LogP contribution in [0.5, 0.6) is 17.2 Å². The molecule has 1 aliphatic heterocycles. The van der Waals surface area contributed by atoms with Crippen molar-refractivity contribution in [3.63, 3.8) is 0 Å². The second kappa shape index (κ2) is 8.30. The minimum Gasteiger partial charge on any atom is -0.493 e. The highest BCUT2D eigenvalue weighted by molar-refractivity contribution is 8.03. The second-order valence-corrected chi connectivity index (χ2v) is 8.48. The molecule has 1 N–H and O–H groups in total. The van der Waals surface area contributed by atoms with Crippen LogP contribution in [0.15, 0.2) is 41.7 Å². The summed E-state index contributed by atoms with van der Waals surface area (Å²) >= 11 is 3.26. The van der Waals surface area contributed by atoms with E-state index in [9.17, 15) is 4.79 Å². The third kappa shape index (κ3) is 3.88. The number of nitrogens with one attached hydrogen (secondary N) is 1. The van der Waals surface area contributed by atoms with Crippen LogP contribution in [-0.2, 0) is 0 Å². The van der Waals surface area contributed by atoms with Gasteiger partial charge in [0.2, 0.25) is 5.75 Å². The highest BCUT2D eigenvalue weighted by Crippen LogP contribution is 2.45. The Bertz CT molecular complexity index is 1040. The molecule has 0 radical (unpaired) electrons. The zero-order chi connectivity index (χ0) is 20.4. The number of thioether (sulfide) groups is 1. The molecule has 0 aliphatic carbocycles. The normalized spacial score (nSPS) is 15.8. The Hall–Kier alpha value is -2.78. The monoisotopic (exact) mass is 429 g/mol. The minimum absolute atomic E-state index is 0.183. The van der Waals surface area contributed by atoms with Crippen LogP contribution in [0.1, 0.15) is 27.0 Å². The zero-order valence-electron chi connectivity index (χ0n) is 16.1. The van der Waals surface area contributed by atoms with Crippen molar-refractivity contribution < 1.29 is 19.0 Å². The van der Waals surface area contributed by atoms with Crippen molar-refractivity contribution in [3.05, 3.63) is 52.3 Å². The lowest BCUT2D eigenvalue weighted by molar-refractivity contribution is 0.0968. The number of thiazole rings is 1. The Kier molecular flexibility index (Phi) is 5.59. The molecule has 7 nitrogen and oxygen atoms in total. The third-order valence-corrected chi connectivity index (χ3v) is 6.95. The van der Waals surface area contributed by atoms with E-state index in [4.69, 9.17) is 14.2 Å². The lowest BCUT2D eigenvalue weighted by atomic mass is 10.1. The number of hydrogen-bond acceptors (Lipinski definition) is 8. The van der Waals surface area contributed by atoms with E-state index in [1.54, 1.807) is 47.6 Å². The molecule has 0 spiro atoms. The summed E-state index contributed by atoms with van der Waals surface area (Å²) in [4.78, 5) is 21.6. The molecule has 1 aromatic carbocycles. The summed E-state index contributed by atoms with van der Waals surface area (Å²) in [6.07, 6.45) is 6.38. The molecule has 29 heavy (non-hydrogen) atoms. The number of aromatic nitrogens is 2. The number of pyridine rings is 1. The maximum Gasteiger partial charge on any atom is 0.256 e. The van der Waals surface area contributed by atoms with E-state index < -0.39 is 0 Å². The van der Waals surface area contributed by atoms with Crippen LogP contribution in [0, 0.1) is 0 Å². The number of benzene rings is 1. The lowest BCUT2D eigenvalue weighted by Gasteiger charge is -2.14. The molecule has 150 valence electrons. The average molecular weight is 430 g/mol. The number of rotatable bonds is 6. The predicted molar refractivity (Wildman–Crippen MR) is 114 cm³/mol. The molecule has 0 fully saturated rings. The van der Waals surface area contributed by atoms with Gasteiger partial charge in [0.25, 0.3) is 5.91 Å². The number of nitrogens with zero attached hydrogens (tertiary/aromatic N) is 2. The Morgan fingerprint density at radius 3 is 2.59 bits per heavy atom. The van der Waals surface area contributed by atoms with Gasteiger partial charge in [-0.15, -0.1) is 11.3 Å². The summed E-state index contributed by atoms with van der Waals surface area (Å²) in [5.41, 5.74) is 1.33. The van der Waals surface area contributed by atoms with Gasteiger partial charge in [-0.25, -0.2) is 4.98 Å². The van der Waals surface area contributed by atoms with Crippen molar-refractivity contribution in [3.8, 4) is 17.2 Å². The number of fused-ring (bicyclic) bond motifs is 1. The molecule has 3 aromatic rings. The second-order valence-electron chi connectivity index (χ2n) is 6.17. The van der Waals surface area contributed by atoms with Crippen molar-refractivity contribution >= 4 is 39.2 Å². The maximum absolute atomic E-state index is 12.8. The smallest absolute Gasteiger partial charge is 0.256 e. The van der Waals surface area contributed by atoms with Gasteiger partial charge >= 0.3 is 0 Å². The van der Waals surface area contributed by atoms with Crippen LogP contribution in [0.2, 0.25) is 0 Å². The first-order chi connectivity index (χ1) is 14.1. The number of carbonyl (C=O) groups is 1. The average Bonchev–Trinajstić information content (AvgIpc) is 3.39. The van der Waals surface area contributed by atoms with Gasteiger partial charge in [0.1, 0.15) is 5.01 Å². The van der Waals surface area contributed by atoms with Gasteiger partial charge in [-0.05, 0) is 24.6 Å². The number of hydrogen-bond donors (Lipinski definition) is 1. The van der Waals surface area contributed by atoms with Crippen molar-refractivity contribution in [2.75, 3.05) is 21.3 Å². The molecule has 0 saturated heterocycles. The summed E-state index contributed by atoms with van der Waals surface area (Å²) < 4.78 is 17.1. The Morgan fingerprint density at radius 1 is 1.17 bits per heavy atom. The van der Waals surface area contributed by atoms with Gasteiger partial charge in [0, 0.05) is 11.8 Å². The quantitative estimate of drug-likeness (QED) is 0.630. The number of amides is 1. The van der Waals surface area contributed by atoms with Gasteiger partial charge in [-0.1, -0.05) is 17.8 Å². The molecule has 1 amide bonds. The lowest BCUT2D eigenvalue weighted by Crippen LogP contribution is -2.21. The molecule has 0 bridgehead atoms. The van der Waals surface area contributed by atoms with Crippen LogP contribution >= 0.6 is 23.1 Å². The summed E-state index contributed by atoms with van der Waals surface area (Å²) in [6.45, 7) is 0. The summed E-state index contributed by atoms with van der Waals surface area (Å²) in [5, 5.41) is 4.99. The summed E-state index contributed by atoms with van der Waals surface area (Å²) in [5.74, 6) is 1.08. The molecule has 4 rings (SSSR count). The van der Waals surface area contributed by atoms with E-state index in [2.05, 4.69) is 15.3 Å². The molecule has 1 unspecified atom stereocenters. The van der Waals surface area contributed by atoms with E-state index in [0.29, 0.717) is 22.8 Å². The third-order valence-electron chi connectivity index (χ3n) is 4.43. The first kappa shape index (κ1) is 19.5. The highest BCUT2D eigenvalue weighted by Gasteiger charge is 2.25. The Morgan fingerprint density at radius 2 is 1.93 bits per heavy atom. The van der Waals surface area contributed by atoms with E-state index in [1.165, 1.54) is 21.3 Å². The largest absolute Gasteiger partial charge is 0.493 e. The number of allylic oxidation sites excluding steroid dienone is 1. The first-order valence-electron chi connectivity index (χ1n) is 8.81. The van der Waals surface area contributed by atoms with E-state index in [1.807, 2.05) is 12.1 Å². The number of carbonyl (C=O) groups excluding carboxylic acids is 1. The van der Waals surface area contributed by atoms with Crippen molar-refractivity contribution in [2.24, 2.45) is 0 Å². The van der Waals surface area contributed by atoms with Crippen LogP contribution in [0.25, 0.3) is 10.2 Å². The van der Waals surface area contributed by atoms with E-state index in [0.717, 1.165) is 26.7 Å². The van der Waals surface area contributed by atoms with Gasteiger partial charge in [-0.2, -0.15) is 0 Å². The predicted octanol–water partition coefficient (Wildman–Crippen LogP) is 4.17. The van der Waals surface area contributed by atoms with Crippen LogP contribution in [0.4, 0.5) is 0 Å². The molecule has 1 atom stereocenters. The minimum atomic E-state index is -0.239. The van der Waals surface area contributed by atoms with Gasteiger partial charge in [-0.3, -0.25) is 9.78 Å². The van der Waals surface area contributed by atoms with Crippen molar-refractivity contribution in [1.82, 2.24) is 15.3 Å². The maximum atomic E-state index is 12.8. The van der Waals surface area contributed by atoms with E-state index in [-0.39, 0.29) is 11.2 Å². The highest BCUT2D eigenvalue weighted by atomic mass is 32.2. The fraction of sp³-hybridized carbons (Fsp3) is 0.250. The van der Waals surface area contributed by atoms with Crippen molar-refractivity contribution in [2.45, 2.75) is 11.7 Å². The van der Waals surface area contributed by atoms with Crippen molar-refractivity contribution in [1.29, 1.82) is 0 Å². The number of ether oxygens (including phenoxy) is 3. The molecular weight excluding hydrogens is 410 g/mol. The van der Waals surface area contributed by atoms with Gasteiger partial charge in [0.15, 0.2) is 11.5 Å². The van der Waals surface area contributed by atoms with Crippen LogP contribution < -0.4 is 19.5 Å². The van der Waals surface area contributed by atoms with Gasteiger partial charge in [0.05, 0.1) is 48.0 Å². The fourth-order valence-corrected chi connectivity index (χ4v) is 5.24. The van der Waals surface area contributed by atoms with E-state index >= 15 is 0 Å². The summed E-state index contributed by atoms with van der Waals surface area (Å²) in [7, 11) is 4.57. The summed E-state index contributed by atoms with van der Waals surface area (Å²) in [6, 6.07) is 5.24. The molecule has 1 aliphatic rings. The molecule has 9 heteroatoms. The Balaban J connectivity index is 1.48.